The highest BCUT2D eigenvalue weighted by Crippen LogP contribution is 2.24. The van der Waals surface area contributed by atoms with Crippen molar-refractivity contribution in [1.82, 2.24) is 0 Å². The van der Waals surface area contributed by atoms with Crippen LogP contribution in [0.5, 0.6) is 5.75 Å². The summed E-state index contributed by atoms with van der Waals surface area (Å²) in [6.07, 6.45) is 1.58. The smallest absolute Gasteiger partial charge is 0.333 e. The lowest BCUT2D eigenvalue weighted by Gasteiger charge is -2.13. The molecule has 0 aliphatic rings. The van der Waals surface area contributed by atoms with E-state index in [1.807, 2.05) is 42.5 Å². The highest BCUT2D eigenvalue weighted by molar-refractivity contribution is 5.79. The van der Waals surface area contributed by atoms with Crippen molar-refractivity contribution in [3.63, 3.8) is 0 Å². The number of carboxylic acid groups (broad SMARTS) is 1. The van der Waals surface area contributed by atoms with Crippen LogP contribution in [0.3, 0.4) is 0 Å². The second kappa shape index (κ2) is 11.1. The average molecular weight is 417 g/mol. The number of carboxylic acids is 1. The minimum Gasteiger partial charge on any atom is -0.490 e. The van der Waals surface area contributed by atoms with Gasteiger partial charge in [-0.1, -0.05) is 72.3 Å². The van der Waals surface area contributed by atoms with Gasteiger partial charge in [0.1, 0.15) is 12.4 Å². The topological polar surface area (TPSA) is 55.8 Å². The summed E-state index contributed by atoms with van der Waals surface area (Å²) in [5.74, 6) is -0.212. The van der Waals surface area contributed by atoms with Gasteiger partial charge in [-0.3, -0.25) is 0 Å². The largest absolute Gasteiger partial charge is 0.490 e. The Bertz CT molecular complexity index is 990. The maximum absolute atomic E-state index is 11.3. The van der Waals surface area contributed by atoms with Crippen molar-refractivity contribution in [3.05, 3.63) is 107 Å². The number of rotatable bonds is 10. The highest BCUT2D eigenvalue weighted by atomic mass is 16.5. The SMILES string of the molecule is CCO[C@@H](Cc1ccc(OC/C=C(/c2ccccc2)c2ccc(C)cc2)cc1)C(=O)O. The zero-order chi connectivity index (χ0) is 22.1. The fourth-order valence-electron chi connectivity index (χ4n) is 3.33. The number of hydrogen-bond donors (Lipinski definition) is 1. The molecule has 4 nitrogen and oxygen atoms in total. The zero-order valence-electron chi connectivity index (χ0n) is 18.0. The molecule has 0 aromatic heterocycles. The van der Waals surface area contributed by atoms with Crippen LogP contribution in [0.1, 0.15) is 29.2 Å². The minimum absolute atomic E-state index is 0.328. The number of benzene rings is 3. The number of aliphatic carboxylic acids is 1. The monoisotopic (exact) mass is 416 g/mol. The molecule has 4 heteroatoms. The molecule has 160 valence electrons. The second-order valence-corrected chi connectivity index (χ2v) is 7.29. The van der Waals surface area contributed by atoms with Gasteiger partial charge in [-0.2, -0.15) is 0 Å². The normalized spacial score (nSPS) is 12.4. The first kappa shape index (κ1) is 22.3. The molecular formula is C27H28O4. The third kappa shape index (κ3) is 6.56. The van der Waals surface area contributed by atoms with Crippen molar-refractivity contribution in [2.45, 2.75) is 26.4 Å². The second-order valence-electron chi connectivity index (χ2n) is 7.29. The first-order valence-electron chi connectivity index (χ1n) is 10.5. The predicted octanol–water partition coefficient (Wildman–Crippen LogP) is 5.54. The van der Waals surface area contributed by atoms with Crippen LogP contribution in [0.15, 0.2) is 84.9 Å². The van der Waals surface area contributed by atoms with E-state index in [0.717, 1.165) is 28.0 Å². The van der Waals surface area contributed by atoms with E-state index in [1.54, 1.807) is 6.92 Å². The van der Waals surface area contributed by atoms with Gasteiger partial charge in [-0.15, -0.1) is 0 Å². The Morgan fingerprint density at radius 3 is 2.19 bits per heavy atom. The van der Waals surface area contributed by atoms with E-state index in [2.05, 4.69) is 49.4 Å². The number of aryl methyl sites for hydroxylation is 1. The van der Waals surface area contributed by atoms with Crippen LogP contribution in [0, 0.1) is 6.92 Å². The summed E-state index contributed by atoms with van der Waals surface area (Å²) in [5, 5.41) is 9.24. The standard InChI is InChI=1S/C27H28O4/c1-3-30-26(27(28)29)19-21-11-15-24(16-12-21)31-18-17-25(22-7-5-4-6-8-22)23-13-9-20(2)10-14-23/h4-17,26H,3,18-19H2,1-2H3,(H,28,29)/b25-17-/t26-/m0/s1. The van der Waals surface area contributed by atoms with Crippen LogP contribution in [0.4, 0.5) is 0 Å². The van der Waals surface area contributed by atoms with E-state index in [0.29, 0.717) is 19.6 Å². The van der Waals surface area contributed by atoms with E-state index >= 15 is 0 Å². The van der Waals surface area contributed by atoms with E-state index in [9.17, 15) is 9.90 Å². The fourth-order valence-corrected chi connectivity index (χ4v) is 3.33. The lowest BCUT2D eigenvalue weighted by molar-refractivity contribution is -0.149. The summed E-state index contributed by atoms with van der Waals surface area (Å²) in [4.78, 5) is 11.3. The van der Waals surface area contributed by atoms with Gasteiger partial charge in [0.15, 0.2) is 6.10 Å². The van der Waals surface area contributed by atoms with E-state index < -0.39 is 12.1 Å². The number of hydrogen-bond acceptors (Lipinski definition) is 3. The molecule has 1 atom stereocenters. The molecule has 0 saturated carbocycles. The summed E-state index contributed by atoms with van der Waals surface area (Å²) in [6, 6.07) is 26.2. The van der Waals surface area contributed by atoms with Crippen molar-refractivity contribution in [1.29, 1.82) is 0 Å². The van der Waals surface area contributed by atoms with E-state index in [1.165, 1.54) is 5.56 Å². The molecule has 0 amide bonds. The van der Waals surface area contributed by atoms with E-state index in [-0.39, 0.29) is 0 Å². The Kier molecular flexibility index (Phi) is 8.02. The molecule has 0 radical (unpaired) electrons. The molecule has 0 unspecified atom stereocenters. The molecule has 3 aromatic rings. The molecule has 0 aliphatic heterocycles. The number of carbonyl (C=O) groups is 1. The summed E-state index contributed by atoms with van der Waals surface area (Å²) in [5.41, 5.74) is 5.53. The molecule has 0 bridgehead atoms. The molecular weight excluding hydrogens is 388 g/mol. The van der Waals surface area contributed by atoms with Gasteiger partial charge in [0.2, 0.25) is 0 Å². The Labute approximate surface area is 183 Å². The van der Waals surface area contributed by atoms with Crippen molar-refractivity contribution in [2.75, 3.05) is 13.2 Å². The molecule has 0 saturated heterocycles. The van der Waals surface area contributed by atoms with E-state index in [4.69, 9.17) is 9.47 Å². The minimum atomic E-state index is -0.947. The third-order valence-corrected chi connectivity index (χ3v) is 4.97. The maximum Gasteiger partial charge on any atom is 0.333 e. The van der Waals surface area contributed by atoms with Crippen molar-refractivity contribution in [3.8, 4) is 5.75 Å². The van der Waals surface area contributed by atoms with Crippen molar-refractivity contribution >= 4 is 11.5 Å². The molecule has 1 N–H and O–H groups in total. The lowest BCUT2D eigenvalue weighted by Crippen LogP contribution is -2.26. The Hall–Kier alpha value is -3.37. The first-order valence-corrected chi connectivity index (χ1v) is 10.5. The number of ether oxygens (including phenoxy) is 2. The molecule has 0 heterocycles. The lowest BCUT2D eigenvalue weighted by atomic mass is 9.97. The van der Waals surface area contributed by atoms with Gasteiger partial charge in [0.25, 0.3) is 0 Å². The molecule has 0 fully saturated rings. The summed E-state index contributed by atoms with van der Waals surface area (Å²) < 4.78 is 11.2. The molecule has 3 aromatic carbocycles. The zero-order valence-corrected chi connectivity index (χ0v) is 18.0. The Balaban J connectivity index is 1.69. The van der Waals surface area contributed by atoms with Crippen LogP contribution in [0.25, 0.3) is 5.57 Å². The van der Waals surface area contributed by atoms with Crippen LogP contribution in [0.2, 0.25) is 0 Å². The molecule has 31 heavy (non-hydrogen) atoms. The summed E-state index contributed by atoms with van der Waals surface area (Å²) in [7, 11) is 0. The van der Waals surface area contributed by atoms with Crippen molar-refractivity contribution < 1.29 is 19.4 Å². The van der Waals surface area contributed by atoms with Gasteiger partial charge in [-0.25, -0.2) is 4.79 Å². The Morgan fingerprint density at radius 1 is 0.935 bits per heavy atom. The van der Waals surface area contributed by atoms with Crippen LogP contribution >= 0.6 is 0 Å². The third-order valence-electron chi connectivity index (χ3n) is 4.97. The molecule has 0 spiro atoms. The average Bonchev–Trinajstić information content (AvgIpc) is 2.79. The quantitative estimate of drug-likeness (QED) is 0.472. The van der Waals surface area contributed by atoms with Gasteiger partial charge in [-0.05, 0) is 54.3 Å². The Morgan fingerprint density at radius 2 is 1.58 bits per heavy atom. The van der Waals surface area contributed by atoms with Crippen LogP contribution in [-0.4, -0.2) is 30.4 Å². The van der Waals surface area contributed by atoms with Crippen LogP contribution in [-0.2, 0) is 16.0 Å². The maximum atomic E-state index is 11.3. The van der Waals surface area contributed by atoms with Crippen LogP contribution < -0.4 is 4.74 Å². The van der Waals surface area contributed by atoms with Gasteiger partial charge < -0.3 is 14.6 Å². The summed E-state index contributed by atoms with van der Waals surface area (Å²) >= 11 is 0. The fraction of sp³-hybridized carbons (Fsp3) is 0.222. The van der Waals surface area contributed by atoms with Gasteiger partial charge in [0, 0.05) is 13.0 Å². The molecule has 3 rings (SSSR count). The highest BCUT2D eigenvalue weighted by Gasteiger charge is 2.17. The van der Waals surface area contributed by atoms with Gasteiger partial charge in [0.05, 0.1) is 0 Å². The van der Waals surface area contributed by atoms with Gasteiger partial charge >= 0.3 is 5.97 Å². The molecule has 0 aliphatic carbocycles. The summed E-state index contributed by atoms with van der Waals surface area (Å²) in [6.45, 7) is 4.67. The first-order chi connectivity index (χ1) is 15.1. The predicted molar refractivity (Wildman–Crippen MR) is 123 cm³/mol. The van der Waals surface area contributed by atoms with Crippen molar-refractivity contribution in [2.24, 2.45) is 0 Å².